The minimum Gasteiger partial charge on any atom is -0.370 e. The number of hydrogen-bond donors (Lipinski definition) is 2. The molecule has 0 radical (unpaired) electrons. The lowest BCUT2D eigenvalue weighted by molar-refractivity contribution is -0.119. The van der Waals surface area contributed by atoms with Crippen molar-refractivity contribution < 1.29 is 9.59 Å². The van der Waals surface area contributed by atoms with Crippen LogP contribution >= 0.6 is 11.6 Å². The summed E-state index contributed by atoms with van der Waals surface area (Å²) in [6.45, 7) is 1.29. The van der Waals surface area contributed by atoms with Gasteiger partial charge in [0.15, 0.2) is 0 Å². The molecule has 0 unspecified atom stereocenters. The molecule has 1 aromatic carbocycles. The second-order valence-corrected chi connectivity index (χ2v) is 5.48. The molecule has 5 nitrogen and oxygen atoms in total. The monoisotopic (exact) mass is 295 g/mol. The molecule has 0 aromatic heterocycles. The summed E-state index contributed by atoms with van der Waals surface area (Å²) in [6.07, 6.45) is 2.03. The molecule has 0 aliphatic carbocycles. The van der Waals surface area contributed by atoms with Crippen molar-refractivity contribution in [3.63, 3.8) is 0 Å². The Labute approximate surface area is 123 Å². The average Bonchev–Trinajstić information content (AvgIpc) is 2.38. The fraction of sp³-hybridized carbons (Fsp3) is 0.429. The van der Waals surface area contributed by atoms with Crippen molar-refractivity contribution in [1.82, 2.24) is 4.90 Å². The number of halogens is 1. The van der Waals surface area contributed by atoms with Crippen molar-refractivity contribution in [2.45, 2.75) is 19.3 Å². The lowest BCUT2D eigenvalue weighted by Crippen LogP contribution is -2.41. The summed E-state index contributed by atoms with van der Waals surface area (Å²) in [4.78, 5) is 24.7. The quantitative estimate of drug-likeness (QED) is 0.899. The van der Waals surface area contributed by atoms with E-state index in [1.165, 1.54) is 0 Å². The Kier molecular flexibility index (Phi) is 4.84. The summed E-state index contributed by atoms with van der Waals surface area (Å²) in [5.74, 6) is 0.0227. The van der Waals surface area contributed by atoms with Crippen molar-refractivity contribution in [3.8, 4) is 0 Å². The van der Waals surface area contributed by atoms with Crippen molar-refractivity contribution in [1.29, 1.82) is 0 Å². The van der Waals surface area contributed by atoms with Crippen LogP contribution in [0.2, 0.25) is 5.02 Å². The summed E-state index contributed by atoms with van der Waals surface area (Å²) in [5, 5.41) is 3.41. The Balaban J connectivity index is 1.84. The highest BCUT2D eigenvalue weighted by molar-refractivity contribution is 6.30. The van der Waals surface area contributed by atoms with E-state index < -0.39 is 0 Å². The van der Waals surface area contributed by atoms with E-state index in [9.17, 15) is 9.59 Å². The summed E-state index contributed by atoms with van der Waals surface area (Å²) < 4.78 is 0. The summed E-state index contributed by atoms with van der Waals surface area (Å²) in [5.41, 5.74) is 5.87. The van der Waals surface area contributed by atoms with Crippen LogP contribution in [0.1, 0.15) is 19.3 Å². The summed E-state index contributed by atoms with van der Waals surface area (Å²) in [6, 6.07) is 6.91. The first kappa shape index (κ1) is 14.7. The third-order valence-electron chi connectivity index (χ3n) is 3.47. The maximum absolute atomic E-state index is 12.1. The van der Waals surface area contributed by atoms with E-state index in [1.807, 2.05) is 0 Å². The normalized spacial score (nSPS) is 15.9. The molecule has 1 aliphatic heterocycles. The van der Waals surface area contributed by atoms with E-state index in [1.54, 1.807) is 29.2 Å². The van der Waals surface area contributed by atoms with E-state index >= 15 is 0 Å². The number of rotatable bonds is 3. The molecule has 108 valence electrons. The molecular formula is C14H18ClN3O2. The smallest absolute Gasteiger partial charge is 0.321 e. The van der Waals surface area contributed by atoms with Crippen LogP contribution in [0, 0.1) is 5.92 Å². The van der Waals surface area contributed by atoms with Crippen LogP contribution in [0.4, 0.5) is 10.5 Å². The standard InChI is InChI=1S/C14H18ClN3O2/c15-11-2-1-3-12(9-11)17-14(20)18-6-4-10(5-7-18)8-13(16)19/h1-3,9-10H,4-8H2,(H2,16,19)(H,17,20). The summed E-state index contributed by atoms with van der Waals surface area (Å²) in [7, 11) is 0. The van der Waals surface area contributed by atoms with Crippen LogP contribution in [0.15, 0.2) is 24.3 Å². The zero-order valence-electron chi connectivity index (χ0n) is 11.1. The third kappa shape index (κ3) is 4.13. The minimum atomic E-state index is -0.271. The molecule has 0 spiro atoms. The second-order valence-electron chi connectivity index (χ2n) is 5.04. The van der Waals surface area contributed by atoms with E-state index in [4.69, 9.17) is 17.3 Å². The molecule has 0 bridgehead atoms. The Morgan fingerprint density at radius 1 is 1.35 bits per heavy atom. The van der Waals surface area contributed by atoms with Crippen LogP contribution in [0.5, 0.6) is 0 Å². The van der Waals surface area contributed by atoms with Gasteiger partial charge in [-0.15, -0.1) is 0 Å². The van der Waals surface area contributed by atoms with Gasteiger partial charge in [0.2, 0.25) is 5.91 Å². The molecule has 1 aromatic rings. The number of hydrogen-bond acceptors (Lipinski definition) is 2. The van der Waals surface area contributed by atoms with Crippen molar-refractivity contribution in [3.05, 3.63) is 29.3 Å². The predicted octanol–water partition coefficient (Wildman–Crippen LogP) is 2.46. The number of amides is 3. The highest BCUT2D eigenvalue weighted by Gasteiger charge is 2.23. The fourth-order valence-corrected chi connectivity index (χ4v) is 2.58. The van der Waals surface area contributed by atoms with Gasteiger partial charge < -0.3 is 16.0 Å². The first-order valence-electron chi connectivity index (χ1n) is 6.64. The number of nitrogens with two attached hydrogens (primary N) is 1. The van der Waals surface area contributed by atoms with Gasteiger partial charge >= 0.3 is 6.03 Å². The van der Waals surface area contributed by atoms with Crippen molar-refractivity contribution >= 4 is 29.2 Å². The lowest BCUT2D eigenvalue weighted by atomic mass is 9.93. The molecule has 1 saturated heterocycles. The molecule has 6 heteroatoms. The lowest BCUT2D eigenvalue weighted by Gasteiger charge is -2.31. The largest absolute Gasteiger partial charge is 0.370 e. The van der Waals surface area contributed by atoms with Gasteiger partial charge in [0, 0.05) is 30.2 Å². The number of likely N-dealkylation sites (tertiary alicyclic amines) is 1. The Morgan fingerprint density at radius 3 is 2.65 bits per heavy atom. The van der Waals surface area contributed by atoms with Gasteiger partial charge in [-0.3, -0.25) is 4.79 Å². The van der Waals surface area contributed by atoms with Crippen LogP contribution in [-0.4, -0.2) is 29.9 Å². The number of urea groups is 1. The zero-order chi connectivity index (χ0) is 14.5. The number of nitrogens with zero attached hydrogens (tertiary/aromatic N) is 1. The van der Waals surface area contributed by atoms with Gasteiger partial charge in [-0.25, -0.2) is 4.79 Å². The molecular weight excluding hydrogens is 278 g/mol. The number of anilines is 1. The van der Waals surface area contributed by atoms with Gasteiger partial charge in [0.05, 0.1) is 0 Å². The number of benzene rings is 1. The number of carbonyl (C=O) groups is 2. The van der Waals surface area contributed by atoms with Gasteiger partial charge in [-0.1, -0.05) is 17.7 Å². The molecule has 2 rings (SSSR count). The maximum Gasteiger partial charge on any atom is 0.321 e. The number of primary amides is 1. The molecule has 1 fully saturated rings. The second kappa shape index (κ2) is 6.61. The SMILES string of the molecule is NC(=O)CC1CCN(C(=O)Nc2cccc(Cl)c2)CC1. The molecule has 3 amide bonds. The molecule has 0 saturated carbocycles. The van der Waals surface area contributed by atoms with Gasteiger partial charge in [-0.2, -0.15) is 0 Å². The Bertz CT molecular complexity index is 499. The number of nitrogens with one attached hydrogen (secondary N) is 1. The zero-order valence-corrected chi connectivity index (χ0v) is 11.9. The van der Waals surface area contributed by atoms with Crippen molar-refractivity contribution in [2.75, 3.05) is 18.4 Å². The first-order chi connectivity index (χ1) is 9.54. The maximum atomic E-state index is 12.1. The Morgan fingerprint density at radius 2 is 2.05 bits per heavy atom. The van der Waals surface area contributed by atoms with Crippen LogP contribution in [-0.2, 0) is 4.79 Å². The number of carbonyl (C=O) groups excluding carboxylic acids is 2. The first-order valence-corrected chi connectivity index (χ1v) is 7.02. The van der Waals surface area contributed by atoms with Crippen LogP contribution in [0.25, 0.3) is 0 Å². The number of piperidine rings is 1. The predicted molar refractivity (Wildman–Crippen MR) is 78.6 cm³/mol. The highest BCUT2D eigenvalue weighted by atomic mass is 35.5. The van der Waals surface area contributed by atoms with E-state index in [0.717, 1.165) is 12.8 Å². The molecule has 1 heterocycles. The van der Waals surface area contributed by atoms with E-state index in [0.29, 0.717) is 36.1 Å². The average molecular weight is 296 g/mol. The third-order valence-corrected chi connectivity index (χ3v) is 3.70. The van der Waals surface area contributed by atoms with Crippen molar-refractivity contribution in [2.24, 2.45) is 11.7 Å². The van der Waals surface area contributed by atoms with Gasteiger partial charge in [0.1, 0.15) is 0 Å². The van der Waals surface area contributed by atoms with E-state index in [-0.39, 0.29) is 11.9 Å². The van der Waals surface area contributed by atoms with Crippen LogP contribution < -0.4 is 11.1 Å². The topological polar surface area (TPSA) is 75.4 Å². The van der Waals surface area contributed by atoms with Gasteiger partial charge in [-0.05, 0) is 37.0 Å². The molecule has 1 aliphatic rings. The fourth-order valence-electron chi connectivity index (χ4n) is 2.39. The molecule has 3 N–H and O–H groups in total. The highest BCUT2D eigenvalue weighted by Crippen LogP contribution is 2.21. The molecule has 20 heavy (non-hydrogen) atoms. The Hall–Kier alpha value is -1.75. The van der Waals surface area contributed by atoms with Gasteiger partial charge in [0.25, 0.3) is 0 Å². The van der Waals surface area contributed by atoms with E-state index in [2.05, 4.69) is 5.32 Å². The minimum absolute atomic E-state index is 0.134. The van der Waals surface area contributed by atoms with Crippen LogP contribution in [0.3, 0.4) is 0 Å². The molecule has 0 atom stereocenters. The summed E-state index contributed by atoms with van der Waals surface area (Å²) >= 11 is 5.87.